The van der Waals surface area contributed by atoms with Crippen molar-refractivity contribution < 1.29 is 14.3 Å². The number of aromatic nitrogens is 2. The standard InChI is InChI=1S/C24H38N4O4/c1-26(12-14-31-18-20-7-4-6-13-32-20)24(30)17-27-11-9-19(16-27)21-15-23(29)28-10-5-2-3-8-22(28)25-21/h15,19-20H,2-14,16-18H2,1H3/t19-,20+/m0/s1. The van der Waals surface area contributed by atoms with Gasteiger partial charge < -0.3 is 14.4 Å². The van der Waals surface area contributed by atoms with Crippen LogP contribution >= 0.6 is 0 Å². The van der Waals surface area contributed by atoms with Crippen LogP contribution in [0, 0.1) is 0 Å². The van der Waals surface area contributed by atoms with Crippen molar-refractivity contribution in [2.75, 3.05) is 53.0 Å². The smallest absolute Gasteiger partial charge is 0.253 e. The van der Waals surface area contributed by atoms with Crippen molar-refractivity contribution in [1.82, 2.24) is 19.4 Å². The molecule has 0 radical (unpaired) electrons. The molecule has 0 aromatic carbocycles. The van der Waals surface area contributed by atoms with Gasteiger partial charge in [-0.15, -0.1) is 0 Å². The summed E-state index contributed by atoms with van der Waals surface area (Å²) in [5.74, 6) is 1.28. The van der Waals surface area contributed by atoms with Gasteiger partial charge in [0.25, 0.3) is 5.56 Å². The fourth-order valence-corrected chi connectivity index (χ4v) is 4.95. The van der Waals surface area contributed by atoms with Crippen molar-refractivity contribution in [3.05, 3.63) is 27.9 Å². The number of carbonyl (C=O) groups excluding carboxylic acids is 1. The van der Waals surface area contributed by atoms with Gasteiger partial charge in [0.1, 0.15) is 5.82 Å². The molecule has 1 amide bonds. The van der Waals surface area contributed by atoms with Gasteiger partial charge in [0.2, 0.25) is 5.91 Å². The number of fused-ring (bicyclic) bond motifs is 1. The number of ether oxygens (including phenoxy) is 2. The lowest BCUT2D eigenvalue weighted by Gasteiger charge is -2.24. The van der Waals surface area contributed by atoms with Crippen LogP contribution in [-0.4, -0.2) is 84.4 Å². The maximum Gasteiger partial charge on any atom is 0.253 e. The lowest BCUT2D eigenvalue weighted by atomic mass is 10.0. The molecule has 178 valence electrons. The number of likely N-dealkylation sites (tertiary alicyclic amines) is 1. The zero-order valence-electron chi connectivity index (χ0n) is 19.5. The van der Waals surface area contributed by atoms with Crippen LogP contribution in [-0.2, 0) is 27.2 Å². The van der Waals surface area contributed by atoms with Crippen molar-refractivity contribution in [2.24, 2.45) is 0 Å². The summed E-state index contributed by atoms with van der Waals surface area (Å²) in [5.41, 5.74) is 0.990. The molecule has 8 heteroatoms. The van der Waals surface area contributed by atoms with E-state index >= 15 is 0 Å². The molecule has 3 aliphatic heterocycles. The second kappa shape index (κ2) is 11.4. The third-order valence-corrected chi connectivity index (χ3v) is 7.01. The van der Waals surface area contributed by atoms with Crippen LogP contribution in [0.2, 0.25) is 0 Å². The highest BCUT2D eigenvalue weighted by Gasteiger charge is 2.28. The van der Waals surface area contributed by atoms with Gasteiger partial charge in [-0.25, -0.2) is 4.98 Å². The summed E-state index contributed by atoms with van der Waals surface area (Å²) in [5, 5.41) is 0. The first-order chi connectivity index (χ1) is 15.6. The predicted octanol–water partition coefficient (Wildman–Crippen LogP) is 1.80. The van der Waals surface area contributed by atoms with Crippen LogP contribution in [0.15, 0.2) is 10.9 Å². The molecule has 0 aliphatic carbocycles. The molecule has 2 atom stereocenters. The molecule has 4 rings (SSSR count). The summed E-state index contributed by atoms with van der Waals surface area (Å²) >= 11 is 0. The number of aryl methyl sites for hydroxylation is 1. The average Bonchev–Trinajstić information content (AvgIpc) is 3.13. The Kier molecular flexibility index (Phi) is 8.32. The average molecular weight is 447 g/mol. The van der Waals surface area contributed by atoms with E-state index in [9.17, 15) is 9.59 Å². The SMILES string of the molecule is CN(CCOC[C@H]1CCCCO1)C(=O)CN1CC[C@H](c2cc(=O)n3c(n2)CCCCC3)C1. The molecule has 0 N–H and O–H groups in total. The Hall–Kier alpha value is -1.77. The fraction of sp³-hybridized carbons (Fsp3) is 0.792. The predicted molar refractivity (Wildman–Crippen MR) is 122 cm³/mol. The molecular weight excluding hydrogens is 408 g/mol. The van der Waals surface area contributed by atoms with Crippen molar-refractivity contribution >= 4 is 5.91 Å². The molecule has 1 aromatic rings. The van der Waals surface area contributed by atoms with Crippen molar-refractivity contribution in [2.45, 2.75) is 69.9 Å². The summed E-state index contributed by atoms with van der Waals surface area (Å²) in [4.78, 5) is 34.1. The summed E-state index contributed by atoms with van der Waals surface area (Å²) in [7, 11) is 1.84. The van der Waals surface area contributed by atoms with E-state index in [1.54, 1.807) is 11.0 Å². The lowest BCUT2D eigenvalue weighted by molar-refractivity contribution is -0.131. The summed E-state index contributed by atoms with van der Waals surface area (Å²) in [6, 6.07) is 1.73. The molecule has 2 fully saturated rings. The van der Waals surface area contributed by atoms with E-state index in [0.29, 0.717) is 26.3 Å². The maximum absolute atomic E-state index is 12.7. The van der Waals surface area contributed by atoms with E-state index in [2.05, 4.69) is 4.90 Å². The normalized spacial score (nSPS) is 24.2. The van der Waals surface area contributed by atoms with Crippen LogP contribution in [0.25, 0.3) is 0 Å². The quantitative estimate of drug-likeness (QED) is 0.567. The maximum atomic E-state index is 12.7. The molecule has 3 aliphatic rings. The Labute approximate surface area is 190 Å². The number of carbonyl (C=O) groups is 1. The Morgan fingerprint density at radius 3 is 2.97 bits per heavy atom. The molecule has 0 saturated carbocycles. The number of hydrogen-bond donors (Lipinski definition) is 0. The van der Waals surface area contributed by atoms with Crippen LogP contribution in [0.4, 0.5) is 0 Å². The first-order valence-electron chi connectivity index (χ1n) is 12.4. The van der Waals surface area contributed by atoms with Crippen LogP contribution < -0.4 is 5.56 Å². The topological polar surface area (TPSA) is 76.9 Å². The van der Waals surface area contributed by atoms with Gasteiger partial charge in [0, 0.05) is 51.7 Å². The molecule has 0 spiro atoms. The van der Waals surface area contributed by atoms with Gasteiger partial charge in [-0.2, -0.15) is 0 Å². The van der Waals surface area contributed by atoms with Crippen molar-refractivity contribution in [3.8, 4) is 0 Å². The number of amides is 1. The highest BCUT2D eigenvalue weighted by atomic mass is 16.5. The third-order valence-electron chi connectivity index (χ3n) is 7.01. The van der Waals surface area contributed by atoms with Crippen molar-refractivity contribution in [3.63, 3.8) is 0 Å². The Balaban J connectivity index is 1.21. The monoisotopic (exact) mass is 446 g/mol. The molecular formula is C24H38N4O4. The second-order valence-corrected chi connectivity index (χ2v) is 9.50. The number of rotatable bonds is 8. The Bertz CT molecular complexity index is 821. The second-order valence-electron chi connectivity index (χ2n) is 9.50. The van der Waals surface area contributed by atoms with E-state index in [1.165, 1.54) is 6.42 Å². The van der Waals surface area contributed by atoms with Crippen LogP contribution in [0.1, 0.15) is 62.4 Å². The highest BCUT2D eigenvalue weighted by Crippen LogP contribution is 2.26. The molecule has 2 saturated heterocycles. The molecule has 1 aromatic heterocycles. The summed E-state index contributed by atoms with van der Waals surface area (Å²) < 4.78 is 13.3. The first kappa shape index (κ1) is 23.4. The first-order valence-corrected chi connectivity index (χ1v) is 12.4. The van der Waals surface area contributed by atoms with Gasteiger partial charge in [0.05, 0.1) is 31.6 Å². The molecule has 4 heterocycles. The minimum atomic E-state index is 0.0831. The zero-order chi connectivity index (χ0) is 22.3. The van der Waals surface area contributed by atoms with E-state index in [1.807, 2.05) is 11.6 Å². The van der Waals surface area contributed by atoms with Crippen LogP contribution in [0.5, 0.6) is 0 Å². The van der Waals surface area contributed by atoms with E-state index in [-0.39, 0.29) is 23.5 Å². The molecule has 8 nitrogen and oxygen atoms in total. The Morgan fingerprint density at radius 1 is 1.22 bits per heavy atom. The van der Waals surface area contributed by atoms with Gasteiger partial charge in [-0.1, -0.05) is 6.42 Å². The molecule has 32 heavy (non-hydrogen) atoms. The molecule has 0 unspecified atom stereocenters. The van der Waals surface area contributed by atoms with Gasteiger partial charge in [-0.05, 0) is 45.1 Å². The highest BCUT2D eigenvalue weighted by molar-refractivity contribution is 5.78. The number of nitrogens with zero attached hydrogens (tertiary/aromatic N) is 4. The zero-order valence-corrected chi connectivity index (χ0v) is 19.5. The van der Waals surface area contributed by atoms with Gasteiger partial charge in [-0.3, -0.25) is 19.1 Å². The minimum absolute atomic E-state index is 0.0831. The number of hydrogen-bond acceptors (Lipinski definition) is 6. The van der Waals surface area contributed by atoms with Gasteiger partial charge in [0.15, 0.2) is 0 Å². The number of likely N-dealkylation sites (N-methyl/N-ethyl adjacent to an activating group) is 1. The van der Waals surface area contributed by atoms with Gasteiger partial charge >= 0.3 is 0 Å². The van der Waals surface area contributed by atoms with E-state index in [0.717, 1.165) is 82.7 Å². The van der Waals surface area contributed by atoms with Crippen molar-refractivity contribution in [1.29, 1.82) is 0 Å². The molecule has 0 bridgehead atoms. The summed E-state index contributed by atoms with van der Waals surface area (Å²) in [6.07, 6.45) is 8.77. The van der Waals surface area contributed by atoms with E-state index < -0.39 is 0 Å². The largest absolute Gasteiger partial charge is 0.377 e. The fourth-order valence-electron chi connectivity index (χ4n) is 4.95. The third kappa shape index (κ3) is 6.17. The Morgan fingerprint density at radius 2 is 2.12 bits per heavy atom. The van der Waals surface area contributed by atoms with E-state index in [4.69, 9.17) is 14.5 Å². The van der Waals surface area contributed by atoms with Crippen LogP contribution in [0.3, 0.4) is 0 Å². The summed E-state index contributed by atoms with van der Waals surface area (Å²) in [6.45, 7) is 5.41. The minimum Gasteiger partial charge on any atom is -0.377 e. The lowest BCUT2D eigenvalue weighted by Crippen LogP contribution is -2.39.